The molecular weight excluding hydrogens is 312 g/mol. The predicted molar refractivity (Wildman–Crippen MR) is 89.5 cm³/mol. The molecule has 1 aliphatic heterocycles. The Morgan fingerprint density at radius 2 is 1.62 bits per heavy atom. The van der Waals surface area contributed by atoms with Crippen LogP contribution in [0.1, 0.15) is 52.9 Å². The summed E-state index contributed by atoms with van der Waals surface area (Å²) in [6.07, 6.45) is 2.57. The molecule has 0 saturated carbocycles. The minimum absolute atomic E-state index is 0.0594. The van der Waals surface area contributed by atoms with Gasteiger partial charge >= 0.3 is 12.1 Å². The third-order valence-electron chi connectivity index (χ3n) is 4.08. The molecule has 1 fully saturated rings. The van der Waals surface area contributed by atoms with Crippen LogP contribution in [0.25, 0.3) is 0 Å². The maximum atomic E-state index is 12.4. The number of carbonyl (C=O) groups excluding carboxylic acids is 3. The van der Waals surface area contributed by atoms with Crippen molar-refractivity contribution in [2.45, 2.75) is 58.9 Å². The maximum Gasteiger partial charge on any atom is 0.409 e. The molecule has 7 heteroatoms. The van der Waals surface area contributed by atoms with Crippen LogP contribution in [0.3, 0.4) is 0 Å². The number of esters is 1. The number of amides is 2. The van der Waals surface area contributed by atoms with Crippen LogP contribution in [-0.4, -0.2) is 66.7 Å². The smallest absolute Gasteiger partial charge is 0.409 e. The van der Waals surface area contributed by atoms with Crippen molar-refractivity contribution in [3.63, 3.8) is 0 Å². The molecule has 0 bridgehead atoms. The van der Waals surface area contributed by atoms with E-state index in [0.29, 0.717) is 52.1 Å². The first-order valence-electron chi connectivity index (χ1n) is 8.90. The third-order valence-corrected chi connectivity index (χ3v) is 4.08. The van der Waals surface area contributed by atoms with Crippen molar-refractivity contribution in [3.8, 4) is 0 Å². The Balaban J connectivity index is 2.59. The van der Waals surface area contributed by atoms with Crippen LogP contribution < -0.4 is 0 Å². The monoisotopic (exact) mass is 342 g/mol. The molecule has 0 spiro atoms. The molecule has 0 aromatic carbocycles. The van der Waals surface area contributed by atoms with E-state index in [1.165, 1.54) is 0 Å². The summed E-state index contributed by atoms with van der Waals surface area (Å²) in [6.45, 7) is 7.73. The highest BCUT2D eigenvalue weighted by atomic mass is 16.6. The van der Waals surface area contributed by atoms with Gasteiger partial charge in [-0.15, -0.1) is 0 Å². The molecule has 24 heavy (non-hydrogen) atoms. The summed E-state index contributed by atoms with van der Waals surface area (Å²) in [6, 6.07) is 0.0594. The lowest BCUT2D eigenvalue weighted by molar-refractivity contribution is -0.144. The first kappa shape index (κ1) is 20.3. The molecule has 0 unspecified atom stereocenters. The van der Waals surface area contributed by atoms with E-state index in [0.717, 1.165) is 6.42 Å². The van der Waals surface area contributed by atoms with Gasteiger partial charge in [-0.3, -0.25) is 9.59 Å². The van der Waals surface area contributed by atoms with Crippen LogP contribution in [-0.2, 0) is 19.1 Å². The van der Waals surface area contributed by atoms with Crippen molar-refractivity contribution >= 4 is 18.0 Å². The fourth-order valence-electron chi connectivity index (χ4n) is 2.89. The van der Waals surface area contributed by atoms with E-state index in [4.69, 9.17) is 9.47 Å². The highest BCUT2D eigenvalue weighted by molar-refractivity contribution is 5.77. The van der Waals surface area contributed by atoms with Crippen molar-refractivity contribution in [2.24, 2.45) is 0 Å². The summed E-state index contributed by atoms with van der Waals surface area (Å²) < 4.78 is 9.96. The van der Waals surface area contributed by atoms with Crippen LogP contribution in [0.15, 0.2) is 0 Å². The van der Waals surface area contributed by atoms with E-state index in [1.807, 2.05) is 6.92 Å². The van der Waals surface area contributed by atoms with Crippen LogP contribution in [0.4, 0.5) is 4.79 Å². The van der Waals surface area contributed by atoms with Gasteiger partial charge in [0.1, 0.15) is 0 Å². The molecule has 2 amide bonds. The molecule has 0 aromatic rings. The van der Waals surface area contributed by atoms with Gasteiger partial charge in [0.2, 0.25) is 5.91 Å². The molecule has 1 rings (SSSR count). The van der Waals surface area contributed by atoms with Gasteiger partial charge in [-0.25, -0.2) is 4.79 Å². The molecule has 0 N–H and O–H groups in total. The molecule has 1 aliphatic rings. The van der Waals surface area contributed by atoms with Crippen molar-refractivity contribution < 1.29 is 23.9 Å². The van der Waals surface area contributed by atoms with E-state index < -0.39 is 0 Å². The van der Waals surface area contributed by atoms with Gasteiger partial charge in [0.25, 0.3) is 0 Å². The van der Waals surface area contributed by atoms with Gasteiger partial charge in [-0.1, -0.05) is 6.92 Å². The van der Waals surface area contributed by atoms with Crippen molar-refractivity contribution in [1.29, 1.82) is 0 Å². The topological polar surface area (TPSA) is 76.2 Å². The Morgan fingerprint density at radius 3 is 2.17 bits per heavy atom. The van der Waals surface area contributed by atoms with Crippen molar-refractivity contribution in [1.82, 2.24) is 9.80 Å². The lowest BCUT2D eigenvalue weighted by atomic mass is 10.0. The lowest BCUT2D eigenvalue weighted by Gasteiger charge is -2.38. The number of piperidine rings is 1. The average molecular weight is 342 g/mol. The minimum atomic E-state index is -0.297. The SMILES string of the molecule is CCCC(=O)N(CCC(=O)OCC)C1CCN(C(=O)OCC)CC1. The second-order valence-corrected chi connectivity index (χ2v) is 5.81. The quantitative estimate of drug-likeness (QED) is 0.632. The minimum Gasteiger partial charge on any atom is -0.466 e. The largest absolute Gasteiger partial charge is 0.466 e. The summed E-state index contributed by atoms with van der Waals surface area (Å²) in [5.74, 6) is -0.216. The average Bonchev–Trinajstić information content (AvgIpc) is 2.56. The highest BCUT2D eigenvalue weighted by Gasteiger charge is 2.30. The standard InChI is InChI=1S/C17H30N2O5/c1-4-7-15(20)19(13-10-16(21)23-5-2)14-8-11-18(12-9-14)17(22)24-6-3/h14H,4-13H2,1-3H3. The summed E-state index contributed by atoms with van der Waals surface area (Å²) in [4.78, 5) is 39.2. The Morgan fingerprint density at radius 1 is 1.00 bits per heavy atom. The number of likely N-dealkylation sites (tertiary alicyclic amines) is 1. The zero-order valence-corrected chi connectivity index (χ0v) is 15.1. The Bertz CT molecular complexity index is 419. The maximum absolute atomic E-state index is 12.4. The normalized spacial score (nSPS) is 15.0. The summed E-state index contributed by atoms with van der Waals surface area (Å²) >= 11 is 0. The summed E-state index contributed by atoms with van der Waals surface area (Å²) in [5.41, 5.74) is 0. The van der Waals surface area contributed by atoms with Crippen LogP contribution >= 0.6 is 0 Å². The van der Waals surface area contributed by atoms with Gasteiger partial charge < -0.3 is 19.3 Å². The molecule has 7 nitrogen and oxygen atoms in total. The first-order chi connectivity index (χ1) is 11.5. The molecule has 0 atom stereocenters. The van der Waals surface area contributed by atoms with Gasteiger partial charge in [0.15, 0.2) is 0 Å². The van der Waals surface area contributed by atoms with Gasteiger partial charge in [-0.2, -0.15) is 0 Å². The Labute approximate surface area is 144 Å². The van der Waals surface area contributed by atoms with Gasteiger partial charge in [0, 0.05) is 32.1 Å². The van der Waals surface area contributed by atoms with Crippen LogP contribution in [0.5, 0.6) is 0 Å². The number of hydrogen-bond acceptors (Lipinski definition) is 5. The number of hydrogen-bond donors (Lipinski definition) is 0. The lowest BCUT2D eigenvalue weighted by Crippen LogP contribution is -2.49. The van der Waals surface area contributed by atoms with E-state index in [9.17, 15) is 14.4 Å². The van der Waals surface area contributed by atoms with E-state index in [-0.39, 0.29) is 30.4 Å². The van der Waals surface area contributed by atoms with E-state index in [2.05, 4.69) is 0 Å². The Kier molecular flexibility index (Phi) is 9.19. The van der Waals surface area contributed by atoms with E-state index >= 15 is 0 Å². The molecule has 1 heterocycles. The predicted octanol–water partition coefficient (Wildman–Crippen LogP) is 2.19. The highest BCUT2D eigenvalue weighted by Crippen LogP contribution is 2.19. The van der Waals surface area contributed by atoms with E-state index in [1.54, 1.807) is 23.6 Å². The number of carbonyl (C=O) groups is 3. The number of ether oxygens (including phenoxy) is 2. The molecule has 0 aromatic heterocycles. The fourth-order valence-corrected chi connectivity index (χ4v) is 2.89. The fraction of sp³-hybridized carbons (Fsp3) is 0.824. The molecule has 1 saturated heterocycles. The zero-order chi connectivity index (χ0) is 17.9. The molecule has 0 aliphatic carbocycles. The number of nitrogens with zero attached hydrogens (tertiary/aromatic N) is 2. The second-order valence-electron chi connectivity index (χ2n) is 5.81. The van der Waals surface area contributed by atoms with Crippen molar-refractivity contribution in [2.75, 3.05) is 32.8 Å². The Hall–Kier alpha value is -1.79. The second kappa shape index (κ2) is 10.9. The first-order valence-corrected chi connectivity index (χ1v) is 8.90. The van der Waals surface area contributed by atoms with Crippen molar-refractivity contribution in [3.05, 3.63) is 0 Å². The van der Waals surface area contributed by atoms with Gasteiger partial charge in [-0.05, 0) is 33.1 Å². The molecule has 0 radical (unpaired) electrons. The summed E-state index contributed by atoms with van der Waals surface area (Å²) in [7, 11) is 0. The zero-order valence-electron chi connectivity index (χ0n) is 15.1. The molecular formula is C17H30N2O5. The van der Waals surface area contributed by atoms with Crippen LogP contribution in [0, 0.1) is 0 Å². The van der Waals surface area contributed by atoms with Gasteiger partial charge in [0.05, 0.1) is 19.6 Å². The van der Waals surface area contributed by atoms with Crippen LogP contribution in [0.2, 0.25) is 0 Å². The molecule has 138 valence electrons. The summed E-state index contributed by atoms with van der Waals surface area (Å²) in [5, 5.41) is 0. The third kappa shape index (κ3) is 6.37. The number of rotatable bonds is 8.